The van der Waals surface area contributed by atoms with Gasteiger partial charge in [-0.1, -0.05) is 0 Å². The van der Waals surface area contributed by atoms with Crippen molar-refractivity contribution in [1.29, 1.82) is 0 Å². The van der Waals surface area contributed by atoms with Crippen molar-refractivity contribution in [3.63, 3.8) is 0 Å². The summed E-state index contributed by atoms with van der Waals surface area (Å²) in [7, 11) is 0. The first-order chi connectivity index (χ1) is 3.41. The molecule has 0 bridgehead atoms. The van der Waals surface area contributed by atoms with Gasteiger partial charge < -0.3 is 0 Å². The molecule has 0 spiro atoms. The van der Waals surface area contributed by atoms with E-state index in [9.17, 15) is 0 Å². The van der Waals surface area contributed by atoms with E-state index in [1.54, 1.807) is 0 Å². The molecule has 0 aromatic carbocycles. The van der Waals surface area contributed by atoms with E-state index >= 15 is 0 Å². The molecule has 0 radical (unpaired) electrons. The van der Waals surface area contributed by atoms with Crippen molar-refractivity contribution in [1.82, 2.24) is 0 Å². The zero-order valence-electron chi connectivity index (χ0n) is 4.81. The van der Waals surface area contributed by atoms with Gasteiger partial charge in [0, 0.05) is 0 Å². The average Bonchev–Trinajstić information content (AvgIpc) is 1.69. The number of rotatable bonds is 4. The second-order valence-corrected chi connectivity index (χ2v) is 2.87. The molecule has 0 fully saturated rings. The summed E-state index contributed by atoms with van der Waals surface area (Å²) < 4.78 is 5.01. The average molecular weight is 298 g/mol. The van der Waals surface area contributed by atoms with Crippen molar-refractivity contribution < 1.29 is 2.81 Å². The van der Waals surface area contributed by atoms with E-state index in [0.29, 0.717) is 0 Å². The van der Waals surface area contributed by atoms with Crippen molar-refractivity contribution in [2.75, 3.05) is 6.61 Å². The topological polar surface area (TPSA) is 9.23 Å². The fourth-order valence-corrected chi connectivity index (χ4v) is 1.08. The predicted octanol–water partition coefficient (Wildman–Crippen LogP) is 0.741. The Balaban J connectivity index is 2.45. The summed E-state index contributed by atoms with van der Waals surface area (Å²) in [6.45, 7) is 3.20. The molecule has 0 atom stereocenters. The first-order valence-electron chi connectivity index (χ1n) is 2.73. The van der Waals surface area contributed by atoms with E-state index in [-0.39, 0.29) is 0 Å². The van der Waals surface area contributed by atoms with Gasteiger partial charge in [0.2, 0.25) is 0 Å². The second kappa shape index (κ2) is 6.84. The van der Waals surface area contributed by atoms with Crippen LogP contribution in [0, 0.1) is 0 Å². The normalized spacial score (nSPS) is 9.43. The Hall–Kier alpha value is 0.843. The van der Waals surface area contributed by atoms with Crippen molar-refractivity contribution in [2.24, 2.45) is 0 Å². The van der Waals surface area contributed by atoms with Crippen LogP contribution in [0.4, 0.5) is 0 Å². The van der Waals surface area contributed by atoms with Crippen LogP contribution in [0.15, 0.2) is 0 Å². The van der Waals surface area contributed by atoms with E-state index in [2.05, 4.69) is 6.92 Å². The van der Waals surface area contributed by atoms with Gasteiger partial charge in [-0.2, -0.15) is 0 Å². The molecule has 1 nitrogen and oxygen atoms in total. The fraction of sp³-hybridized carbons (Fsp3) is 1.00. The van der Waals surface area contributed by atoms with E-state index in [4.69, 9.17) is 2.81 Å². The van der Waals surface area contributed by atoms with E-state index in [0.717, 1.165) is 31.8 Å². The molecule has 0 unspecified atom stereocenters. The molecule has 0 aliphatic carbocycles. The van der Waals surface area contributed by atoms with Gasteiger partial charge in [0.1, 0.15) is 0 Å². The van der Waals surface area contributed by atoms with Crippen molar-refractivity contribution >= 4 is 25.2 Å². The van der Waals surface area contributed by atoms with Crippen molar-refractivity contribution in [3.8, 4) is 0 Å². The molecule has 0 amide bonds. The van der Waals surface area contributed by atoms with Crippen LogP contribution in [0.5, 0.6) is 0 Å². The van der Waals surface area contributed by atoms with E-state index < -0.39 is 0 Å². The van der Waals surface area contributed by atoms with E-state index in [1.807, 2.05) is 0 Å². The summed E-state index contributed by atoms with van der Waals surface area (Å²) in [4.78, 5) is 0. The molecule has 0 saturated carbocycles. The van der Waals surface area contributed by atoms with Gasteiger partial charge in [-0.05, 0) is 0 Å². The minimum absolute atomic E-state index is 0.738. The molecule has 0 aromatic heterocycles. The molecule has 2 heteroatoms. The molecular formula is C5H13BiO. The second-order valence-electron chi connectivity index (χ2n) is 1.58. The summed E-state index contributed by atoms with van der Waals surface area (Å²) >= 11 is 0.738. The monoisotopic (exact) mass is 298 g/mol. The van der Waals surface area contributed by atoms with Crippen LogP contribution < -0.4 is 0 Å². The molecule has 0 N–H and O–H groups in total. The van der Waals surface area contributed by atoms with Crippen LogP contribution in [0.2, 0.25) is 0 Å². The van der Waals surface area contributed by atoms with Crippen molar-refractivity contribution in [2.45, 2.75) is 26.2 Å². The Bertz CT molecular complexity index is 27.3. The van der Waals surface area contributed by atoms with Gasteiger partial charge in [0.05, 0.1) is 0 Å². The first kappa shape index (κ1) is 7.84. The zero-order chi connectivity index (χ0) is 5.54. The number of hydrogen-bond acceptors (Lipinski definition) is 1. The van der Waals surface area contributed by atoms with Gasteiger partial charge in [0.15, 0.2) is 0 Å². The van der Waals surface area contributed by atoms with Crippen LogP contribution >= 0.6 is 0 Å². The van der Waals surface area contributed by atoms with Crippen molar-refractivity contribution in [3.05, 3.63) is 0 Å². The Morgan fingerprint density at radius 2 is 2.14 bits per heavy atom. The molecule has 0 aliphatic heterocycles. The maximum atomic E-state index is 5.01. The molecule has 0 saturated heterocycles. The van der Waals surface area contributed by atoms with Crippen LogP contribution in [-0.4, -0.2) is 31.8 Å². The Morgan fingerprint density at radius 3 is 2.57 bits per heavy atom. The van der Waals surface area contributed by atoms with Gasteiger partial charge >= 0.3 is 60.8 Å². The maximum absolute atomic E-state index is 5.01. The summed E-state index contributed by atoms with van der Waals surface area (Å²) in [5.74, 6) is 0. The van der Waals surface area contributed by atoms with Gasteiger partial charge in [-0.3, -0.25) is 0 Å². The summed E-state index contributed by atoms with van der Waals surface area (Å²) in [6, 6.07) is 0. The summed E-state index contributed by atoms with van der Waals surface area (Å²) in [5.41, 5.74) is 0. The zero-order valence-corrected chi connectivity index (χ0v) is 9.30. The third-order valence-electron chi connectivity index (χ3n) is 0.866. The van der Waals surface area contributed by atoms with E-state index in [1.165, 1.54) is 19.3 Å². The molecule has 44 valence electrons. The molecule has 7 heavy (non-hydrogen) atoms. The molecule has 0 heterocycles. The SMILES string of the molecule is CCCCC[O][BiH2]. The molecule has 0 rings (SSSR count). The van der Waals surface area contributed by atoms with Crippen LogP contribution in [0.1, 0.15) is 26.2 Å². The fourth-order valence-electron chi connectivity index (χ4n) is 0.435. The Kier molecular flexibility index (Phi) is 7.67. The quantitative estimate of drug-likeness (QED) is 0.549. The number of unbranched alkanes of at least 4 members (excludes halogenated alkanes) is 2. The Labute approximate surface area is 60.9 Å². The molecule has 0 aromatic rings. The molecule has 0 aliphatic rings. The van der Waals surface area contributed by atoms with Gasteiger partial charge in [-0.15, -0.1) is 0 Å². The third kappa shape index (κ3) is 6.84. The standard InChI is InChI=1S/C5H11O.Bi.2H/c1-2-3-4-5-6;;;/h2-5H2,1H3;;;/q-1;+1;;. The first-order valence-corrected chi connectivity index (χ1v) is 4.56. The van der Waals surface area contributed by atoms with Gasteiger partial charge in [0.25, 0.3) is 0 Å². The third-order valence-corrected chi connectivity index (χ3v) is 1.78. The Morgan fingerprint density at radius 1 is 1.43 bits per heavy atom. The summed E-state index contributed by atoms with van der Waals surface area (Å²) in [5, 5.41) is 0. The van der Waals surface area contributed by atoms with Crippen LogP contribution in [0.25, 0.3) is 0 Å². The van der Waals surface area contributed by atoms with Crippen LogP contribution in [-0.2, 0) is 2.81 Å². The molecular weight excluding hydrogens is 285 g/mol. The van der Waals surface area contributed by atoms with Gasteiger partial charge in [-0.25, -0.2) is 0 Å². The number of hydrogen-bond donors (Lipinski definition) is 0. The summed E-state index contributed by atoms with van der Waals surface area (Å²) in [6.07, 6.45) is 3.88. The minimum atomic E-state index is 0.738. The predicted molar refractivity (Wildman–Crippen MR) is 34.0 cm³/mol. The van der Waals surface area contributed by atoms with Crippen LogP contribution in [0.3, 0.4) is 0 Å².